The van der Waals surface area contributed by atoms with E-state index in [1.54, 1.807) is 40.6 Å². The van der Waals surface area contributed by atoms with Crippen molar-refractivity contribution in [2.45, 2.75) is 0 Å². The Labute approximate surface area is 273 Å². The number of rotatable bonds is 18. The Bertz CT molecular complexity index is 1320. The molecule has 4 N–H and O–H groups in total. The Hall–Kier alpha value is -4.48. The average molecular weight is 633 g/mol. The first kappa shape index (κ1) is 36.0. The normalized spacial score (nSPS) is 10.5. The van der Waals surface area contributed by atoms with Gasteiger partial charge in [-0.3, -0.25) is 0 Å². The number of hydrogen-bond acceptors (Lipinski definition) is 10. The second-order valence-corrected chi connectivity index (χ2v) is 10.1. The highest BCUT2D eigenvalue weighted by molar-refractivity contribution is 5.80. The molecule has 0 spiro atoms. The molecule has 0 saturated carbocycles. The summed E-state index contributed by atoms with van der Waals surface area (Å²) in [5.41, 5.74) is 5.47. The Kier molecular flexibility index (Phi) is 16.1. The summed E-state index contributed by atoms with van der Waals surface area (Å²) < 4.78 is 20.7. The van der Waals surface area contributed by atoms with Crippen LogP contribution in [0.25, 0.3) is 0 Å². The maximum Gasteiger partial charge on any atom is 0.139 e. The van der Waals surface area contributed by atoms with Gasteiger partial charge in [0.25, 0.3) is 0 Å². The second-order valence-electron chi connectivity index (χ2n) is 10.1. The van der Waals surface area contributed by atoms with Gasteiger partial charge in [0.15, 0.2) is 0 Å². The molecule has 0 unspecified atom stereocenters. The van der Waals surface area contributed by atoms with Gasteiger partial charge in [-0.15, -0.1) is 0 Å². The van der Waals surface area contributed by atoms with Crippen molar-refractivity contribution in [1.82, 2.24) is 0 Å². The topological polar surface area (TPSA) is 108 Å². The molecule has 0 radical (unpaired) electrons. The lowest BCUT2D eigenvalue weighted by Gasteiger charge is -2.28. The number of phenolic OH excluding ortho intramolecular Hbond substituents is 2. The lowest BCUT2D eigenvalue weighted by Crippen LogP contribution is -2.23. The second kappa shape index (κ2) is 20.5. The molecule has 0 fully saturated rings. The number of methoxy groups -OCH3 is 4. The van der Waals surface area contributed by atoms with E-state index >= 15 is 0 Å². The minimum atomic E-state index is 0.246. The van der Waals surface area contributed by atoms with E-state index in [-0.39, 0.29) is 11.5 Å². The van der Waals surface area contributed by atoms with Gasteiger partial charge in [0.05, 0.1) is 60.6 Å². The van der Waals surface area contributed by atoms with Crippen LogP contribution in [0.1, 0.15) is 0 Å². The van der Waals surface area contributed by atoms with Crippen molar-refractivity contribution in [2.75, 3.05) is 101 Å². The zero-order valence-corrected chi connectivity index (χ0v) is 27.3. The van der Waals surface area contributed by atoms with Crippen LogP contribution in [0.5, 0.6) is 11.5 Å². The maximum atomic E-state index is 10.2. The van der Waals surface area contributed by atoms with Crippen LogP contribution in [0, 0.1) is 0 Å². The molecule has 0 aliphatic rings. The van der Waals surface area contributed by atoms with E-state index in [9.17, 15) is 10.2 Å². The minimum Gasteiger partial charge on any atom is -0.506 e. The first-order chi connectivity index (χ1) is 22.5. The molecule has 0 bridgehead atoms. The Balaban J connectivity index is 0.000000250. The van der Waals surface area contributed by atoms with Crippen molar-refractivity contribution in [3.8, 4) is 11.5 Å². The zero-order valence-electron chi connectivity index (χ0n) is 27.3. The van der Waals surface area contributed by atoms with Crippen LogP contribution in [0.2, 0.25) is 0 Å². The summed E-state index contributed by atoms with van der Waals surface area (Å²) in [5, 5.41) is 27.2. The Morgan fingerprint density at radius 3 is 1.13 bits per heavy atom. The number of aromatic hydroxyl groups is 2. The van der Waals surface area contributed by atoms with Crippen molar-refractivity contribution in [3.05, 3.63) is 97.1 Å². The average Bonchev–Trinajstić information content (AvgIpc) is 3.08. The lowest BCUT2D eigenvalue weighted by atomic mass is 10.2. The number of nitrogens with zero attached hydrogens (tertiary/aromatic N) is 2. The first-order valence-electron chi connectivity index (χ1n) is 15.3. The molecule has 0 aliphatic heterocycles. The molecule has 0 amide bonds. The van der Waals surface area contributed by atoms with Gasteiger partial charge in [0.1, 0.15) is 11.5 Å². The zero-order chi connectivity index (χ0) is 33.0. The molecule has 4 aromatic rings. The molecule has 0 heterocycles. The Morgan fingerprint density at radius 2 is 0.783 bits per heavy atom. The standard InChI is InChI=1S/2C18H24N2O3/c2*1-22-13-11-19-15-7-3-4-8-16(15)20(12-14-23-2)17-9-5-6-10-18(17)21/h2*3-10,19,21H,11-14H2,1-2H3. The van der Waals surface area contributed by atoms with E-state index in [0.717, 1.165) is 34.1 Å². The summed E-state index contributed by atoms with van der Waals surface area (Å²) >= 11 is 0. The monoisotopic (exact) mass is 632 g/mol. The van der Waals surface area contributed by atoms with Crippen LogP contribution in [0.15, 0.2) is 97.1 Å². The predicted molar refractivity (Wildman–Crippen MR) is 188 cm³/mol. The summed E-state index contributed by atoms with van der Waals surface area (Å²) in [7, 11) is 6.71. The lowest BCUT2D eigenvalue weighted by molar-refractivity contribution is 0.207. The molecule has 0 aromatic heterocycles. The largest absolute Gasteiger partial charge is 0.506 e. The molecule has 248 valence electrons. The third kappa shape index (κ3) is 10.8. The summed E-state index contributed by atoms with van der Waals surface area (Å²) in [6.45, 7) is 5.07. The quantitative estimate of drug-likeness (QED) is 0.0912. The van der Waals surface area contributed by atoms with Gasteiger partial charge in [-0.25, -0.2) is 0 Å². The highest BCUT2D eigenvalue weighted by Crippen LogP contribution is 2.37. The van der Waals surface area contributed by atoms with E-state index in [1.165, 1.54) is 0 Å². The molecule has 10 nitrogen and oxygen atoms in total. The van der Waals surface area contributed by atoms with Gasteiger partial charge >= 0.3 is 0 Å². The summed E-state index contributed by atoms with van der Waals surface area (Å²) in [4.78, 5) is 4.10. The predicted octanol–water partition coefficient (Wildman–Crippen LogP) is 6.47. The Morgan fingerprint density at radius 1 is 0.457 bits per heavy atom. The SMILES string of the molecule is COCCNc1ccccc1N(CCOC)c1ccccc1O.COCCNc1ccccc1N(CCOC)c1ccccc1O. The number of nitrogens with one attached hydrogen (secondary N) is 2. The van der Waals surface area contributed by atoms with Crippen LogP contribution in [0.3, 0.4) is 0 Å². The highest BCUT2D eigenvalue weighted by atomic mass is 16.5. The molecule has 0 aliphatic carbocycles. The van der Waals surface area contributed by atoms with Crippen LogP contribution >= 0.6 is 0 Å². The smallest absolute Gasteiger partial charge is 0.139 e. The van der Waals surface area contributed by atoms with Gasteiger partial charge < -0.3 is 49.6 Å². The number of phenols is 2. The summed E-state index contributed by atoms with van der Waals surface area (Å²) in [6, 6.07) is 30.7. The summed E-state index contributed by atoms with van der Waals surface area (Å²) in [5.74, 6) is 0.491. The molecule has 0 atom stereocenters. The number of ether oxygens (including phenoxy) is 4. The molecular weight excluding hydrogens is 584 g/mol. The minimum absolute atomic E-state index is 0.246. The number of hydrogen-bond donors (Lipinski definition) is 4. The van der Waals surface area contributed by atoms with Crippen molar-refractivity contribution in [2.24, 2.45) is 0 Å². The van der Waals surface area contributed by atoms with Gasteiger partial charge in [0.2, 0.25) is 0 Å². The molecule has 4 aromatic carbocycles. The number of para-hydroxylation sites is 8. The van der Waals surface area contributed by atoms with Crippen molar-refractivity contribution < 1.29 is 29.2 Å². The maximum absolute atomic E-state index is 10.2. The van der Waals surface area contributed by atoms with Crippen molar-refractivity contribution >= 4 is 34.1 Å². The van der Waals surface area contributed by atoms with Gasteiger partial charge in [-0.05, 0) is 48.5 Å². The molecule has 46 heavy (non-hydrogen) atoms. The fourth-order valence-corrected chi connectivity index (χ4v) is 4.78. The number of anilines is 6. The van der Waals surface area contributed by atoms with Crippen molar-refractivity contribution in [3.63, 3.8) is 0 Å². The third-order valence-electron chi connectivity index (χ3n) is 7.02. The van der Waals surface area contributed by atoms with E-state index in [1.807, 2.05) is 94.7 Å². The van der Waals surface area contributed by atoms with Gasteiger partial charge in [0, 0.05) is 54.6 Å². The molecule has 4 rings (SSSR count). The van der Waals surface area contributed by atoms with Crippen LogP contribution in [-0.2, 0) is 18.9 Å². The van der Waals surface area contributed by atoms with Gasteiger partial charge in [-0.2, -0.15) is 0 Å². The third-order valence-corrected chi connectivity index (χ3v) is 7.02. The first-order valence-corrected chi connectivity index (χ1v) is 15.3. The van der Waals surface area contributed by atoms with Crippen LogP contribution < -0.4 is 20.4 Å². The van der Waals surface area contributed by atoms with Crippen molar-refractivity contribution in [1.29, 1.82) is 0 Å². The molecule has 10 heteroatoms. The highest BCUT2D eigenvalue weighted by Gasteiger charge is 2.17. The fourth-order valence-electron chi connectivity index (χ4n) is 4.78. The number of benzene rings is 4. The summed E-state index contributed by atoms with van der Waals surface area (Å²) in [6.07, 6.45) is 0. The fraction of sp³-hybridized carbons (Fsp3) is 0.333. The van der Waals surface area contributed by atoms with E-state index in [2.05, 4.69) is 10.6 Å². The molecule has 0 saturated heterocycles. The van der Waals surface area contributed by atoms with E-state index in [4.69, 9.17) is 18.9 Å². The van der Waals surface area contributed by atoms with Crippen LogP contribution in [-0.4, -0.2) is 91.3 Å². The van der Waals surface area contributed by atoms with Crippen LogP contribution in [0.4, 0.5) is 34.1 Å². The van der Waals surface area contributed by atoms with E-state index < -0.39 is 0 Å². The van der Waals surface area contributed by atoms with E-state index in [0.29, 0.717) is 52.6 Å². The molecular formula is C36H48N4O6. The van der Waals surface area contributed by atoms with Gasteiger partial charge in [-0.1, -0.05) is 48.5 Å².